The van der Waals surface area contributed by atoms with Crippen LogP contribution in [0.5, 0.6) is 0 Å². The van der Waals surface area contributed by atoms with Crippen LogP contribution >= 0.6 is 0 Å². The highest BCUT2D eigenvalue weighted by Crippen LogP contribution is 2.19. The number of carbonyl (C=O) groups excluding carboxylic acids is 2. The molecular formula is C20H21N3O3. The maximum absolute atomic E-state index is 12.3. The van der Waals surface area contributed by atoms with E-state index < -0.39 is 18.0 Å². The molecule has 0 aliphatic carbocycles. The van der Waals surface area contributed by atoms with E-state index in [2.05, 4.69) is 15.6 Å². The number of benzene rings is 2. The van der Waals surface area contributed by atoms with Gasteiger partial charge in [0.05, 0.1) is 7.11 Å². The van der Waals surface area contributed by atoms with E-state index in [1.165, 1.54) is 7.11 Å². The Hall–Kier alpha value is -3.28. The van der Waals surface area contributed by atoms with Gasteiger partial charge in [0.25, 0.3) is 0 Å². The molecule has 1 atom stereocenters. The van der Waals surface area contributed by atoms with Crippen molar-refractivity contribution < 1.29 is 14.3 Å². The third-order valence-electron chi connectivity index (χ3n) is 4.17. The summed E-state index contributed by atoms with van der Waals surface area (Å²) >= 11 is 0. The van der Waals surface area contributed by atoms with Crippen molar-refractivity contribution in [2.45, 2.75) is 19.4 Å². The molecule has 0 aliphatic heterocycles. The molecule has 1 aromatic heterocycles. The van der Waals surface area contributed by atoms with E-state index in [0.717, 1.165) is 22.0 Å². The van der Waals surface area contributed by atoms with Gasteiger partial charge in [-0.25, -0.2) is 9.59 Å². The number of anilines is 1. The summed E-state index contributed by atoms with van der Waals surface area (Å²) in [6.45, 7) is 1.94. The Balaban J connectivity index is 1.74. The van der Waals surface area contributed by atoms with Crippen molar-refractivity contribution >= 4 is 28.6 Å². The van der Waals surface area contributed by atoms with Gasteiger partial charge < -0.3 is 20.4 Å². The molecule has 2 amide bonds. The highest BCUT2D eigenvalue weighted by Gasteiger charge is 2.23. The van der Waals surface area contributed by atoms with E-state index in [4.69, 9.17) is 4.74 Å². The Morgan fingerprint density at radius 1 is 1.15 bits per heavy atom. The molecule has 134 valence electrons. The lowest BCUT2D eigenvalue weighted by molar-refractivity contribution is -0.142. The van der Waals surface area contributed by atoms with E-state index in [-0.39, 0.29) is 0 Å². The number of hydrogen-bond donors (Lipinski definition) is 3. The highest BCUT2D eigenvalue weighted by atomic mass is 16.5. The van der Waals surface area contributed by atoms with E-state index in [9.17, 15) is 9.59 Å². The van der Waals surface area contributed by atoms with Crippen molar-refractivity contribution in [1.82, 2.24) is 10.3 Å². The first-order valence-electron chi connectivity index (χ1n) is 8.34. The number of amides is 2. The summed E-state index contributed by atoms with van der Waals surface area (Å²) < 4.78 is 4.85. The van der Waals surface area contributed by atoms with Crippen LogP contribution in [0.25, 0.3) is 10.9 Å². The van der Waals surface area contributed by atoms with Gasteiger partial charge in [-0.2, -0.15) is 0 Å². The summed E-state index contributed by atoms with van der Waals surface area (Å²) in [5, 5.41) is 6.46. The number of H-pyrrole nitrogens is 1. The van der Waals surface area contributed by atoms with Crippen molar-refractivity contribution in [3.8, 4) is 0 Å². The van der Waals surface area contributed by atoms with E-state index >= 15 is 0 Å². The maximum atomic E-state index is 12.3. The van der Waals surface area contributed by atoms with Gasteiger partial charge in [0, 0.05) is 29.2 Å². The molecular weight excluding hydrogens is 330 g/mol. The lowest BCUT2D eigenvalue weighted by Gasteiger charge is -2.17. The number of nitrogens with one attached hydrogen (secondary N) is 3. The topological polar surface area (TPSA) is 83.2 Å². The van der Waals surface area contributed by atoms with Gasteiger partial charge >= 0.3 is 12.0 Å². The average molecular weight is 351 g/mol. The second kappa shape index (κ2) is 7.74. The predicted molar refractivity (Wildman–Crippen MR) is 101 cm³/mol. The second-order valence-corrected chi connectivity index (χ2v) is 6.11. The Labute approximate surface area is 151 Å². The maximum Gasteiger partial charge on any atom is 0.328 e. The Morgan fingerprint density at radius 2 is 1.96 bits per heavy atom. The molecule has 26 heavy (non-hydrogen) atoms. The molecule has 0 fully saturated rings. The Bertz CT molecular complexity index is 933. The van der Waals surface area contributed by atoms with Gasteiger partial charge in [0.2, 0.25) is 0 Å². The number of hydrogen-bond acceptors (Lipinski definition) is 3. The zero-order chi connectivity index (χ0) is 18.5. The third-order valence-corrected chi connectivity index (χ3v) is 4.17. The molecule has 6 heteroatoms. The van der Waals surface area contributed by atoms with E-state index in [1.54, 1.807) is 6.07 Å². The van der Waals surface area contributed by atoms with Crippen LogP contribution in [-0.2, 0) is 16.0 Å². The van der Waals surface area contributed by atoms with Crippen LogP contribution in [0.15, 0.2) is 54.7 Å². The minimum Gasteiger partial charge on any atom is -0.467 e. The number of ether oxygens (including phenoxy) is 1. The fourth-order valence-electron chi connectivity index (χ4n) is 2.90. The zero-order valence-corrected chi connectivity index (χ0v) is 14.7. The minimum absolute atomic E-state index is 0.331. The lowest BCUT2D eigenvalue weighted by atomic mass is 10.1. The third kappa shape index (κ3) is 4.03. The fraction of sp³-hybridized carbons (Fsp3) is 0.200. The minimum atomic E-state index is -0.788. The van der Waals surface area contributed by atoms with Gasteiger partial charge in [-0.15, -0.1) is 0 Å². The van der Waals surface area contributed by atoms with Gasteiger partial charge in [-0.3, -0.25) is 0 Å². The number of methoxy groups -OCH3 is 1. The molecule has 6 nitrogen and oxygen atoms in total. The summed E-state index contributed by atoms with van der Waals surface area (Å²) in [5.41, 5.74) is 3.62. The molecule has 0 aliphatic rings. The normalized spacial score (nSPS) is 11.8. The average Bonchev–Trinajstić information content (AvgIpc) is 3.03. The van der Waals surface area contributed by atoms with Gasteiger partial charge in [-0.05, 0) is 36.2 Å². The molecule has 1 heterocycles. The van der Waals surface area contributed by atoms with Crippen molar-refractivity contribution in [3.63, 3.8) is 0 Å². The number of rotatable bonds is 5. The Kier molecular flexibility index (Phi) is 5.22. The van der Waals surface area contributed by atoms with Crippen molar-refractivity contribution in [2.75, 3.05) is 12.4 Å². The lowest BCUT2D eigenvalue weighted by Crippen LogP contribution is -2.45. The molecule has 0 unspecified atom stereocenters. The van der Waals surface area contributed by atoms with Crippen LogP contribution in [0.1, 0.15) is 11.1 Å². The number of esters is 1. The number of urea groups is 1. The second-order valence-electron chi connectivity index (χ2n) is 6.11. The summed E-state index contributed by atoms with van der Waals surface area (Å²) in [6.07, 6.45) is 2.18. The molecule has 0 saturated heterocycles. The number of aryl methyl sites for hydroxylation is 1. The monoisotopic (exact) mass is 351 g/mol. The van der Waals surface area contributed by atoms with Gasteiger partial charge in [0.1, 0.15) is 6.04 Å². The van der Waals surface area contributed by atoms with Crippen LogP contribution < -0.4 is 10.6 Å². The summed E-state index contributed by atoms with van der Waals surface area (Å²) in [7, 11) is 1.31. The van der Waals surface area contributed by atoms with Gasteiger partial charge in [-0.1, -0.05) is 30.3 Å². The number of para-hydroxylation sites is 1. The quantitative estimate of drug-likeness (QED) is 0.616. The van der Waals surface area contributed by atoms with Crippen molar-refractivity contribution in [3.05, 3.63) is 65.9 Å². The number of aromatic nitrogens is 1. The highest BCUT2D eigenvalue weighted by molar-refractivity contribution is 5.93. The van der Waals surface area contributed by atoms with Crippen LogP contribution in [0.4, 0.5) is 10.5 Å². The Morgan fingerprint density at radius 3 is 2.73 bits per heavy atom. The largest absolute Gasteiger partial charge is 0.467 e. The van der Waals surface area contributed by atoms with Crippen LogP contribution in [0.3, 0.4) is 0 Å². The molecule has 0 radical (unpaired) electrons. The molecule has 0 bridgehead atoms. The summed E-state index contributed by atoms with van der Waals surface area (Å²) in [5.74, 6) is -0.491. The number of carbonyl (C=O) groups is 2. The molecule has 3 N–H and O–H groups in total. The summed E-state index contributed by atoms with van der Waals surface area (Å²) in [6, 6.07) is 14.0. The molecule has 0 saturated carbocycles. The molecule has 3 aromatic rings. The standard InChI is InChI=1S/C20H21N3O3/c1-13-6-5-7-15(10-13)22-20(25)23-18(19(24)26-2)11-14-12-21-17-9-4-3-8-16(14)17/h3-10,12,18,21H,11H2,1-2H3,(H2,22,23,25)/t18-/m0/s1. The molecule has 0 spiro atoms. The summed E-state index contributed by atoms with van der Waals surface area (Å²) in [4.78, 5) is 27.6. The van der Waals surface area contributed by atoms with Crippen LogP contribution in [-0.4, -0.2) is 30.1 Å². The smallest absolute Gasteiger partial charge is 0.328 e. The predicted octanol–water partition coefficient (Wildman–Crippen LogP) is 3.38. The molecule has 3 rings (SSSR count). The van der Waals surface area contributed by atoms with Crippen LogP contribution in [0, 0.1) is 6.92 Å². The first-order valence-corrected chi connectivity index (χ1v) is 8.34. The zero-order valence-electron chi connectivity index (χ0n) is 14.7. The first-order chi connectivity index (χ1) is 12.6. The number of aromatic amines is 1. The van der Waals surface area contributed by atoms with E-state index in [0.29, 0.717) is 12.1 Å². The van der Waals surface area contributed by atoms with Crippen LogP contribution in [0.2, 0.25) is 0 Å². The van der Waals surface area contributed by atoms with Crippen molar-refractivity contribution in [2.24, 2.45) is 0 Å². The van der Waals surface area contributed by atoms with Crippen molar-refractivity contribution in [1.29, 1.82) is 0 Å². The number of fused-ring (bicyclic) bond motifs is 1. The van der Waals surface area contributed by atoms with E-state index in [1.807, 2.05) is 55.6 Å². The SMILES string of the molecule is COC(=O)[C@H](Cc1c[nH]c2ccccc12)NC(=O)Nc1cccc(C)c1. The first kappa shape index (κ1) is 17.5. The molecule has 2 aromatic carbocycles. The van der Waals surface area contributed by atoms with Gasteiger partial charge in [0.15, 0.2) is 0 Å². The fourth-order valence-corrected chi connectivity index (χ4v) is 2.90.